The van der Waals surface area contributed by atoms with E-state index in [-0.39, 0.29) is 11.8 Å². The molecule has 1 aromatic heterocycles. The lowest BCUT2D eigenvalue weighted by Gasteiger charge is -2.30. The van der Waals surface area contributed by atoms with Crippen molar-refractivity contribution in [3.8, 4) is 17.1 Å². The van der Waals surface area contributed by atoms with Gasteiger partial charge in [-0.15, -0.1) is 0 Å². The lowest BCUT2D eigenvalue weighted by atomic mass is 9.95. The summed E-state index contributed by atoms with van der Waals surface area (Å²) in [6, 6.07) is 13.1. The molecule has 31 heavy (non-hydrogen) atoms. The number of carbonyl (C=O) groups is 1. The summed E-state index contributed by atoms with van der Waals surface area (Å²) in [7, 11) is 1.61. The zero-order valence-corrected chi connectivity index (χ0v) is 18.4. The fourth-order valence-corrected chi connectivity index (χ4v) is 3.86. The number of ether oxygens (including phenoxy) is 1. The molecule has 8 heteroatoms. The number of nitrogens with one attached hydrogen (secondary N) is 1. The summed E-state index contributed by atoms with van der Waals surface area (Å²) in [6.07, 6.45) is 1.55. The molecule has 0 atom stereocenters. The fourth-order valence-electron chi connectivity index (χ4n) is 3.73. The Morgan fingerprint density at radius 1 is 1.23 bits per heavy atom. The third-order valence-corrected chi connectivity index (χ3v) is 5.75. The second-order valence-electron chi connectivity index (χ2n) is 7.76. The van der Waals surface area contributed by atoms with Crippen LogP contribution in [0.2, 0.25) is 5.02 Å². The molecule has 162 valence electrons. The lowest BCUT2D eigenvalue weighted by Crippen LogP contribution is -2.37. The molecule has 2 aromatic carbocycles. The molecule has 0 radical (unpaired) electrons. The summed E-state index contributed by atoms with van der Waals surface area (Å²) in [5.41, 5.74) is 2.65. The predicted octanol–water partition coefficient (Wildman–Crippen LogP) is 4.56. The van der Waals surface area contributed by atoms with Crippen LogP contribution in [0.4, 0.5) is 5.69 Å². The fraction of sp³-hybridized carbons (Fsp3) is 0.348. The van der Waals surface area contributed by atoms with E-state index < -0.39 is 0 Å². The number of halogens is 1. The number of aryl methyl sites for hydroxylation is 1. The molecule has 1 fully saturated rings. The Morgan fingerprint density at radius 3 is 2.68 bits per heavy atom. The number of likely N-dealkylation sites (tertiary alicyclic amines) is 1. The smallest absolute Gasteiger partial charge is 0.241 e. The highest BCUT2D eigenvalue weighted by Gasteiger charge is 2.26. The van der Waals surface area contributed by atoms with Gasteiger partial charge in [-0.3, -0.25) is 9.69 Å². The molecule has 0 bridgehead atoms. The molecule has 1 aliphatic rings. The van der Waals surface area contributed by atoms with Crippen LogP contribution in [0.25, 0.3) is 11.4 Å². The van der Waals surface area contributed by atoms with E-state index in [0.29, 0.717) is 29.0 Å². The zero-order valence-electron chi connectivity index (χ0n) is 17.6. The van der Waals surface area contributed by atoms with Crippen LogP contribution in [0.5, 0.6) is 5.75 Å². The van der Waals surface area contributed by atoms with Gasteiger partial charge in [0.15, 0.2) is 0 Å². The molecule has 1 aliphatic heterocycles. The number of hydrogen-bond acceptors (Lipinski definition) is 6. The van der Waals surface area contributed by atoms with Gasteiger partial charge in [-0.25, -0.2) is 0 Å². The third kappa shape index (κ3) is 5.24. The molecule has 0 aliphatic carbocycles. The summed E-state index contributed by atoms with van der Waals surface area (Å²) >= 11 is 5.93. The molecular weight excluding hydrogens is 416 g/mol. The molecule has 0 unspecified atom stereocenters. The largest absolute Gasteiger partial charge is 0.495 e. The van der Waals surface area contributed by atoms with Crippen LogP contribution in [0.1, 0.15) is 24.3 Å². The minimum atomic E-state index is -0.0335. The molecule has 1 N–H and O–H groups in total. The number of carbonyl (C=O) groups excluding carboxylic acids is 1. The maximum absolute atomic E-state index is 12.8. The van der Waals surface area contributed by atoms with Gasteiger partial charge in [0.1, 0.15) is 5.75 Å². The van der Waals surface area contributed by atoms with Gasteiger partial charge in [0.05, 0.1) is 19.3 Å². The van der Waals surface area contributed by atoms with Gasteiger partial charge in [0.2, 0.25) is 17.6 Å². The summed E-state index contributed by atoms with van der Waals surface area (Å²) < 4.78 is 10.8. The highest BCUT2D eigenvalue weighted by Crippen LogP contribution is 2.28. The van der Waals surface area contributed by atoms with Crippen molar-refractivity contribution in [1.29, 1.82) is 0 Å². The van der Waals surface area contributed by atoms with Gasteiger partial charge in [0, 0.05) is 16.5 Å². The standard InChI is InChI=1S/C23H25ClN4O3/c1-15-3-8-20(30-2)19(13-15)25-23(29)17-9-11-28(12-10-17)14-21-26-22(27-31-21)16-4-6-18(24)7-5-16/h3-8,13,17H,9-12,14H2,1-2H3,(H,25,29). The van der Waals surface area contributed by atoms with Crippen molar-refractivity contribution in [1.82, 2.24) is 15.0 Å². The number of amides is 1. The Bertz CT molecular complexity index is 1040. The first-order chi connectivity index (χ1) is 15.0. The van der Waals surface area contributed by atoms with Crippen LogP contribution in [0.3, 0.4) is 0 Å². The number of nitrogens with zero attached hydrogens (tertiary/aromatic N) is 3. The summed E-state index contributed by atoms with van der Waals surface area (Å²) in [5, 5.41) is 7.76. The molecule has 3 aromatic rings. The molecule has 0 spiro atoms. The van der Waals surface area contributed by atoms with Crippen molar-refractivity contribution in [2.75, 3.05) is 25.5 Å². The molecule has 0 saturated carbocycles. The quantitative estimate of drug-likeness (QED) is 0.605. The number of methoxy groups -OCH3 is 1. The molecule has 1 saturated heterocycles. The summed E-state index contributed by atoms with van der Waals surface area (Å²) in [4.78, 5) is 19.5. The highest BCUT2D eigenvalue weighted by atomic mass is 35.5. The van der Waals surface area contributed by atoms with Crippen LogP contribution in [0.15, 0.2) is 47.0 Å². The van der Waals surface area contributed by atoms with Crippen LogP contribution < -0.4 is 10.1 Å². The van der Waals surface area contributed by atoms with Gasteiger partial charge in [-0.1, -0.05) is 22.8 Å². The number of hydrogen-bond donors (Lipinski definition) is 1. The van der Waals surface area contributed by atoms with E-state index in [1.807, 2.05) is 37.3 Å². The van der Waals surface area contributed by atoms with Crippen molar-refractivity contribution >= 4 is 23.2 Å². The minimum Gasteiger partial charge on any atom is -0.495 e. The second kappa shape index (κ2) is 9.49. The van der Waals surface area contributed by atoms with Crippen molar-refractivity contribution in [3.05, 3.63) is 58.9 Å². The maximum atomic E-state index is 12.8. The van der Waals surface area contributed by atoms with Crippen molar-refractivity contribution < 1.29 is 14.1 Å². The van der Waals surface area contributed by atoms with Gasteiger partial charge in [-0.05, 0) is 74.8 Å². The normalized spacial score (nSPS) is 15.1. The Morgan fingerprint density at radius 2 is 1.97 bits per heavy atom. The van der Waals surface area contributed by atoms with E-state index in [1.54, 1.807) is 19.2 Å². The number of aromatic nitrogens is 2. The van der Waals surface area contributed by atoms with E-state index in [1.165, 1.54) is 0 Å². The van der Waals surface area contributed by atoms with Crippen molar-refractivity contribution in [2.24, 2.45) is 5.92 Å². The number of anilines is 1. The molecule has 1 amide bonds. The Labute approximate surface area is 186 Å². The number of benzene rings is 2. The van der Waals surface area contributed by atoms with E-state index >= 15 is 0 Å². The number of rotatable bonds is 6. The maximum Gasteiger partial charge on any atom is 0.241 e. The van der Waals surface area contributed by atoms with E-state index in [4.69, 9.17) is 20.9 Å². The van der Waals surface area contributed by atoms with Crippen molar-refractivity contribution in [3.63, 3.8) is 0 Å². The van der Waals surface area contributed by atoms with Crippen LogP contribution >= 0.6 is 11.6 Å². The first kappa shape index (κ1) is 21.3. The zero-order chi connectivity index (χ0) is 21.8. The predicted molar refractivity (Wildman–Crippen MR) is 119 cm³/mol. The van der Waals surface area contributed by atoms with Gasteiger partial charge >= 0.3 is 0 Å². The van der Waals surface area contributed by atoms with E-state index in [2.05, 4.69) is 20.4 Å². The van der Waals surface area contributed by atoms with E-state index in [0.717, 1.165) is 42.7 Å². The SMILES string of the molecule is COc1ccc(C)cc1NC(=O)C1CCN(Cc2nc(-c3ccc(Cl)cc3)no2)CC1. The minimum absolute atomic E-state index is 0.0335. The topological polar surface area (TPSA) is 80.5 Å². The average molecular weight is 441 g/mol. The van der Waals surface area contributed by atoms with Crippen LogP contribution in [-0.2, 0) is 11.3 Å². The van der Waals surface area contributed by atoms with Gasteiger partial charge in [-0.2, -0.15) is 4.98 Å². The highest BCUT2D eigenvalue weighted by molar-refractivity contribution is 6.30. The van der Waals surface area contributed by atoms with Crippen molar-refractivity contribution in [2.45, 2.75) is 26.3 Å². The first-order valence-corrected chi connectivity index (χ1v) is 10.7. The molecule has 2 heterocycles. The monoisotopic (exact) mass is 440 g/mol. The molecule has 4 rings (SSSR count). The van der Waals surface area contributed by atoms with E-state index in [9.17, 15) is 4.79 Å². The number of piperidine rings is 1. The first-order valence-electron chi connectivity index (χ1n) is 10.3. The lowest BCUT2D eigenvalue weighted by molar-refractivity contribution is -0.121. The van der Waals surface area contributed by atoms with Gasteiger partial charge < -0.3 is 14.6 Å². The summed E-state index contributed by atoms with van der Waals surface area (Å²) in [5.74, 6) is 1.79. The van der Waals surface area contributed by atoms with Gasteiger partial charge in [0.25, 0.3) is 0 Å². The van der Waals surface area contributed by atoms with Crippen LogP contribution in [0, 0.1) is 12.8 Å². The molecular formula is C23H25ClN4O3. The summed E-state index contributed by atoms with van der Waals surface area (Å²) in [6.45, 7) is 4.15. The second-order valence-corrected chi connectivity index (χ2v) is 8.20. The average Bonchev–Trinajstić information content (AvgIpc) is 3.23. The molecule has 7 nitrogen and oxygen atoms in total. The Hall–Kier alpha value is -2.90. The Balaban J connectivity index is 1.30. The third-order valence-electron chi connectivity index (χ3n) is 5.50. The van der Waals surface area contributed by atoms with Crippen LogP contribution in [-0.4, -0.2) is 41.1 Å². The Kier molecular flexibility index (Phi) is 6.53.